The summed E-state index contributed by atoms with van der Waals surface area (Å²) in [5.41, 5.74) is 0. The van der Waals surface area contributed by atoms with Crippen LogP contribution in [0.5, 0.6) is 0 Å². The Kier molecular flexibility index (Phi) is 14.7. The molecule has 2 heteroatoms. The highest BCUT2D eigenvalue weighted by atomic mass is 16.3. The summed E-state index contributed by atoms with van der Waals surface area (Å²) in [5.74, 6) is 0. The Balaban J connectivity index is 0. The number of rotatable bonds is 3. The smallest absolute Gasteiger partial charge is 0.0558 e. The Morgan fingerprint density at radius 2 is 1.60 bits per heavy atom. The third kappa shape index (κ3) is 15.7. The Bertz CT molecular complexity index is 48.5. The van der Waals surface area contributed by atoms with Crippen LogP contribution in [0.4, 0.5) is 0 Å². The zero-order chi connectivity index (χ0) is 8.41. The Labute approximate surface area is 64.9 Å². The van der Waals surface area contributed by atoms with E-state index in [1.54, 1.807) is 0 Å². The van der Waals surface area contributed by atoms with E-state index in [-0.39, 0.29) is 6.61 Å². The molecular formula is C8H21NO. The number of nitrogens with zero attached hydrogens (tertiary/aromatic N) is 1. The fourth-order valence-electron chi connectivity index (χ4n) is 0.329. The molecule has 0 aromatic carbocycles. The van der Waals surface area contributed by atoms with Crippen molar-refractivity contribution >= 4 is 0 Å². The maximum absolute atomic E-state index is 8.33. The lowest BCUT2D eigenvalue weighted by Gasteiger charge is -2.09. The molecule has 1 N–H and O–H groups in total. The minimum absolute atomic E-state index is 0.268. The fourth-order valence-corrected chi connectivity index (χ4v) is 0.329. The number of hydrogen-bond donors (Lipinski definition) is 1. The van der Waals surface area contributed by atoms with E-state index in [9.17, 15) is 0 Å². The maximum Gasteiger partial charge on any atom is 0.0558 e. The highest BCUT2D eigenvalue weighted by Gasteiger charge is 1.87. The average molecular weight is 147 g/mol. The van der Waals surface area contributed by atoms with Gasteiger partial charge in [-0.3, -0.25) is 0 Å². The van der Waals surface area contributed by atoms with Crippen molar-refractivity contribution in [2.75, 3.05) is 26.7 Å². The molecule has 0 aliphatic heterocycles. The van der Waals surface area contributed by atoms with Crippen molar-refractivity contribution in [3.63, 3.8) is 0 Å². The predicted octanol–water partition coefficient (Wildman–Crippen LogP) is 1.35. The second-order valence-corrected chi connectivity index (χ2v) is 2.33. The normalized spacial score (nSPS) is 9.00. The Morgan fingerprint density at radius 3 is 1.70 bits per heavy atom. The van der Waals surface area contributed by atoms with Gasteiger partial charge in [-0.05, 0) is 13.6 Å². The average Bonchev–Trinajstić information content (AvgIpc) is 1.90. The molecule has 0 fully saturated rings. The summed E-state index contributed by atoms with van der Waals surface area (Å²) in [5, 5.41) is 8.33. The van der Waals surface area contributed by atoms with Gasteiger partial charge in [0, 0.05) is 6.54 Å². The minimum atomic E-state index is 0.268. The van der Waals surface area contributed by atoms with E-state index < -0.39 is 0 Å². The van der Waals surface area contributed by atoms with Gasteiger partial charge < -0.3 is 10.0 Å². The molecule has 0 bridgehead atoms. The first-order chi connectivity index (χ1) is 4.72. The number of hydrogen-bond acceptors (Lipinski definition) is 2. The summed E-state index contributed by atoms with van der Waals surface area (Å²) in [6.07, 6.45) is 1.25. The summed E-state index contributed by atoms with van der Waals surface area (Å²) >= 11 is 0. The maximum atomic E-state index is 8.33. The largest absolute Gasteiger partial charge is 0.395 e. The van der Waals surface area contributed by atoms with Crippen LogP contribution >= 0.6 is 0 Å². The van der Waals surface area contributed by atoms with Crippen LogP contribution in [-0.4, -0.2) is 36.8 Å². The van der Waals surface area contributed by atoms with Gasteiger partial charge >= 0.3 is 0 Å². The van der Waals surface area contributed by atoms with E-state index >= 15 is 0 Å². The number of likely N-dealkylation sites (N-methyl/N-ethyl adjacent to an activating group) is 1. The van der Waals surface area contributed by atoms with Gasteiger partial charge in [0.1, 0.15) is 0 Å². The lowest BCUT2D eigenvalue weighted by Crippen LogP contribution is -2.20. The second-order valence-electron chi connectivity index (χ2n) is 2.33. The number of aliphatic hydroxyl groups is 1. The summed E-state index contributed by atoms with van der Waals surface area (Å²) in [6, 6.07) is 0. The first-order valence-electron chi connectivity index (χ1n) is 4.02. The predicted molar refractivity (Wildman–Crippen MR) is 46.2 cm³/mol. The molecule has 0 atom stereocenters. The van der Waals surface area contributed by atoms with Gasteiger partial charge in [0.2, 0.25) is 0 Å². The highest BCUT2D eigenvalue weighted by molar-refractivity contribution is 4.41. The molecule has 10 heavy (non-hydrogen) atoms. The molecule has 0 aliphatic carbocycles. The topological polar surface area (TPSA) is 23.5 Å². The summed E-state index contributed by atoms with van der Waals surface area (Å²) < 4.78 is 0. The fraction of sp³-hybridized carbons (Fsp3) is 1.00. The number of aliphatic hydroxyl groups excluding tert-OH is 1. The molecule has 0 spiro atoms. The van der Waals surface area contributed by atoms with E-state index in [0.29, 0.717) is 0 Å². The molecule has 0 aromatic rings. The van der Waals surface area contributed by atoms with Gasteiger partial charge in [-0.25, -0.2) is 0 Å². The van der Waals surface area contributed by atoms with Crippen LogP contribution < -0.4 is 0 Å². The Morgan fingerprint density at radius 1 is 1.20 bits per heavy atom. The van der Waals surface area contributed by atoms with Crippen LogP contribution in [0.25, 0.3) is 0 Å². The molecule has 0 rings (SSSR count). The summed E-state index contributed by atoms with van der Waals surface area (Å²) in [6.45, 7) is 8.39. The van der Waals surface area contributed by atoms with Crippen LogP contribution in [-0.2, 0) is 0 Å². The van der Waals surface area contributed by atoms with E-state index in [1.165, 1.54) is 6.42 Å². The molecule has 0 radical (unpaired) electrons. The van der Waals surface area contributed by atoms with Gasteiger partial charge in [-0.15, -0.1) is 0 Å². The minimum Gasteiger partial charge on any atom is -0.395 e. The van der Waals surface area contributed by atoms with Gasteiger partial charge in [0.25, 0.3) is 0 Å². The molecule has 0 saturated carbocycles. The van der Waals surface area contributed by atoms with E-state index in [2.05, 4.69) is 25.7 Å². The molecule has 0 heterocycles. The van der Waals surface area contributed by atoms with E-state index in [1.807, 2.05) is 7.05 Å². The van der Waals surface area contributed by atoms with Crippen molar-refractivity contribution in [2.24, 2.45) is 0 Å². The zero-order valence-electron chi connectivity index (χ0n) is 7.72. The molecular weight excluding hydrogens is 126 g/mol. The van der Waals surface area contributed by atoms with Crippen molar-refractivity contribution in [3.8, 4) is 0 Å². The molecule has 0 aromatic heterocycles. The monoisotopic (exact) mass is 147 g/mol. The van der Waals surface area contributed by atoms with Gasteiger partial charge in [0.15, 0.2) is 0 Å². The van der Waals surface area contributed by atoms with E-state index in [0.717, 1.165) is 13.1 Å². The van der Waals surface area contributed by atoms with Crippen molar-refractivity contribution in [2.45, 2.75) is 27.2 Å². The van der Waals surface area contributed by atoms with Crippen molar-refractivity contribution in [1.82, 2.24) is 4.90 Å². The lowest BCUT2D eigenvalue weighted by atomic mass is 10.6. The molecule has 0 aliphatic rings. The standard InChI is InChI=1S/C5H13NO.C3H8/c1-3-6(2)4-5-7;1-3-2/h7H,3-5H2,1-2H3;3H2,1-2H3. The van der Waals surface area contributed by atoms with Gasteiger partial charge in [-0.2, -0.15) is 0 Å². The van der Waals surface area contributed by atoms with Gasteiger partial charge in [0.05, 0.1) is 6.61 Å². The molecule has 0 amide bonds. The second kappa shape index (κ2) is 11.7. The van der Waals surface area contributed by atoms with Crippen molar-refractivity contribution in [3.05, 3.63) is 0 Å². The molecule has 0 saturated heterocycles. The lowest BCUT2D eigenvalue weighted by molar-refractivity contribution is 0.227. The quantitative estimate of drug-likeness (QED) is 0.651. The van der Waals surface area contributed by atoms with Crippen LogP contribution in [0.15, 0.2) is 0 Å². The third-order valence-corrected chi connectivity index (χ3v) is 1.02. The Hall–Kier alpha value is -0.0800. The van der Waals surface area contributed by atoms with Crippen LogP contribution in [0.3, 0.4) is 0 Å². The van der Waals surface area contributed by atoms with Crippen LogP contribution in [0, 0.1) is 0 Å². The SMILES string of the molecule is CCC.CCN(C)CCO. The van der Waals surface area contributed by atoms with Crippen molar-refractivity contribution in [1.29, 1.82) is 0 Å². The first kappa shape index (κ1) is 12.6. The molecule has 2 nitrogen and oxygen atoms in total. The molecule has 0 unspecified atom stereocenters. The van der Waals surface area contributed by atoms with Crippen LogP contribution in [0.2, 0.25) is 0 Å². The first-order valence-corrected chi connectivity index (χ1v) is 4.02. The van der Waals surface area contributed by atoms with Gasteiger partial charge in [-0.1, -0.05) is 27.2 Å². The third-order valence-electron chi connectivity index (χ3n) is 1.02. The summed E-state index contributed by atoms with van der Waals surface area (Å²) in [7, 11) is 1.98. The highest BCUT2D eigenvalue weighted by Crippen LogP contribution is 1.75. The summed E-state index contributed by atoms with van der Waals surface area (Å²) in [4.78, 5) is 2.06. The molecule has 64 valence electrons. The van der Waals surface area contributed by atoms with E-state index in [4.69, 9.17) is 5.11 Å². The zero-order valence-corrected chi connectivity index (χ0v) is 7.72. The van der Waals surface area contributed by atoms with Crippen molar-refractivity contribution < 1.29 is 5.11 Å². The van der Waals surface area contributed by atoms with Crippen LogP contribution in [0.1, 0.15) is 27.2 Å².